The van der Waals surface area contributed by atoms with Crippen molar-refractivity contribution < 1.29 is 4.79 Å². The van der Waals surface area contributed by atoms with E-state index in [4.69, 9.17) is 0 Å². The van der Waals surface area contributed by atoms with Crippen molar-refractivity contribution in [1.29, 1.82) is 0 Å². The van der Waals surface area contributed by atoms with Gasteiger partial charge in [-0.1, -0.05) is 31.2 Å². The fourth-order valence-electron chi connectivity index (χ4n) is 3.12. The Balaban J connectivity index is 2.06. The highest BCUT2D eigenvalue weighted by atomic mass is 16.2. The van der Waals surface area contributed by atoms with Gasteiger partial charge in [-0.3, -0.25) is 9.59 Å². The van der Waals surface area contributed by atoms with Gasteiger partial charge in [0.25, 0.3) is 5.56 Å². The summed E-state index contributed by atoms with van der Waals surface area (Å²) < 4.78 is 0. The number of aromatic amines is 1. The largest absolute Gasteiger partial charge is 0.321 e. The molecule has 0 fully saturated rings. The summed E-state index contributed by atoms with van der Waals surface area (Å²) in [5, 5.41) is 0.976. The van der Waals surface area contributed by atoms with E-state index in [1.54, 1.807) is 4.90 Å². The van der Waals surface area contributed by atoms with Crippen molar-refractivity contribution in [2.75, 3.05) is 4.90 Å². The third kappa shape index (κ3) is 3.40. The number of nitrogens with one attached hydrogen (secondary N) is 1. The number of carbonyl (C=O) groups is 1. The number of hydrogen-bond acceptors (Lipinski definition) is 2. The molecule has 0 radical (unpaired) electrons. The summed E-state index contributed by atoms with van der Waals surface area (Å²) in [4.78, 5) is 29.8. The molecule has 0 aliphatic heterocycles. The van der Waals surface area contributed by atoms with Gasteiger partial charge in [0.2, 0.25) is 5.91 Å². The third-order valence-corrected chi connectivity index (χ3v) is 4.90. The number of fused-ring (bicyclic) bond motifs is 1. The van der Waals surface area contributed by atoms with Crippen LogP contribution >= 0.6 is 0 Å². The van der Waals surface area contributed by atoms with Gasteiger partial charge in [0, 0.05) is 17.7 Å². The van der Waals surface area contributed by atoms with Gasteiger partial charge in [0.15, 0.2) is 0 Å². The van der Waals surface area contributed by atoms with Crippen molar-refractivity contribution in [3.63, 3.8) is 0 Å². The number of amides is 1. The second kappa shape index (κ2) is 7.16. The quantitative estimate of drug-likeness (QED) is 0.760. The van der Waals surface area contributed by atoms with Crippen LogP contribution < -0.4 is 10.5 Å². The molecule has 3 rings (SSSR count). The molecule has 1 N–H and O–H groups in total. The maximum atomic E-state index is 12.6. The van der Waals surface area contributed by atoms with Crippen molar-refractivity contribution in [2.24, 2.45) is 0 Å². The maximum absolute atomic E-state index is 12.6. The molecule has 1 aromatic heterocycles. The van der Waals surface area contributed by atoms with Gasteiger partial charge in [-0.15, -0.1) is 0 Å². The maximum Gasteiger partial charge on any atom is 0.253 e. The molecule has 1 amide bonds. The molecule has 0 spiro atoms. The Kier molecular flexibility index (Phi) is 4.94. The minimum atomic E-state index is -0.149. The number of para-hydroxylation sites is 1. The lowest BCUT2D eigenvalue weighted by molar-refractivity contribution is -0.118. The molecule has 0 aliphatic carbocycles. The van der Waals surface area contributed by atoms with E-state index in [0.29, 0.717) is 12.0 Å². The summed E-state index contributed by atoms with van der Waals surface area (Å²) in [5.74, 6) is -0.00278. The number of benzene rings is 2. The van der Waals surface area contributed by atoms with Gasteiger partial charge in [-0.05, 0) is 61.0 Å². The Hall–Kier alpha value is -2.88. The molecule has 134 valence electrons. The number of nitrogens with zero attached hydrogens (tertiary/aromatic N) is 1. The highest BCUT2D eigenvalue weighted by Crippen LogP contribution is 2.22. The number of anilines is 1. The van der Waals surface area contributed by atoms with E-state index in [0.717, 1.165) is 27.7 Å². The molecule has 0 bridgehead atoms. The average Bonchev–Trinajstić information content (AvgIpc) is 2.62. The normalized spacial score (nSPS) is 10.9. The Bertz CT molecular complexity index is 1030. The van der Waals surface area contributed by atoms with Crippen LogP contribution in [-0.4, -0.2) is 10.9 Å². The Morgan fingerprint density at radius 1 is 1.00 bits per heavy atom. The fraction of sp³-hybridized carbons (Fsp3) is 0.273. The summed E-state index contributed by atoms with van der Waals surface area (Å²) >= 11 is 0. The molecule has 0 aliphatic rings. The van der Waals surface area contributed by atoms with E-state index < -0.39 is 0 Å². The summed E-state index contributed by atoms with van der Waals surface area (Å²) in [6.45, 7) is 8.14. The molecule has 2 aromatic carbocycles. The van der Waals surface area contributed by atoms with Crippen LogP contribution in [0.1, 0.15) is 35.6 Å². The molecular formula is C22H24N2O2. The molecular weight excluding hydrogens is 324 g/mol. The van der Waals surface area contributed by atoms with Gasteiger partial charge in [-0.2, -0.15) is 0 Å². The Labute approximate surface area is 153 Å². The van der Waals surface area contributed by atoms with Crippen LogP contribution in [0, 0.1) is 20.8 Å². The topological polar surface area (TPSA) is 53.2 Å². The lowest BCUT2D eigenvalue weighted by Crippen LogP contribution is -2.32. The molecule has 4 nitrogen and oxygen atoms in total. The van der Waals surface area contributed by atoms with Crippen molar-refractivity contribution in [3.05, 3.63) is 75.1 Å². The van der Waals surface area contributed by atoms with Crippen LogP contribution in [0.4, 0.5) is 5.69 Å². The fourth-order valence-corrected chi connectivity index (χ4v) is 3.12. The van der Waals surface area contributed by atoms with E-state index in [9.17, 15) is 9.59 Å². The van der Waals surface area contributed by atoms with Crippen LogP contribution in [0.3, 0.4) is 0 Å². The van der Waals surface area contributed by atoms with Gasteiger partial charge in [0.05, 0.1) is 12.1 Å². The summed E-state index contributed by atoms with van der Waals surface area (Å²) in [7, 11) is 0. The Morgan fingerprint density at radius 3 is 2.46 bits per heavy atom. The van der Waals surface area contributed by atoms with E-state index in [-0.39, 0.29) is 18.0 Å². The van der Waals surface area contributed by atoms with Crippen molar-refractivity contribution in [2.45, 2.75) is 40.7 Å². The predicted octanol–water partition coefficient (Wildman–Crippen LogP) is 4.40. The van der Waals surface area contributed by atoms with E-state index >= 15 is 0 Å². The van der Waals surface area contributed by atoms with E-state index in [1.807, 2.05) is 70.2 Å². The summed E-state index contributed by atoms with van der Waals surface area (Å²) in [6.07, 6.45) is 0.386. The zero-order valence-corrected chi connectivity index (χ0v) is 15.7. The second-order valence-corrected chi connectivity index (χ2v) is 6.76. The van der Waals surface area contributed by atoms with E-state index in [1.165, 1.54) is 5.56 Å². The highest BCUT2D eigenvalue weighted by Gasteiger charge is 2.17. The minimum absolute atomic E-state index is 0.00278. The van der Waals surface area contributed by atoms with Crippen LogP contribution in [0.5, 0.6) is 0 Å². The molecule has 0 saturated carbocycles. The number of rotatable bonds is 4. The first-order valence-corrected chi connectivity index (χ1v) is 8.90. The standard InChI is InChI=1S/C22H24N2O2/c1-5-20(25)24(19-10-9-14(2)16(4)11-19)13-18-12-17-8-6-7-15(3)21(17)23-22(18)26/h6-12H,5,13H2,1-4H3,(H,23,26). The number of hydrogen-bond donors (Lipinski definition) is 1. The first-order chi connectivity index (χ1) is 12.4. The molecule has 0 saturated heterocycles. The summed E-state index contributed by atoms with van der Waals surface area (Å²) in [5.41, 5.74) is 5.44. The summed E-state index contributed by atoms with van der Waals surface area (Å²) in [6, 6.07) is 13.8. The van der Waals surface area contributed by atoms with Crippen LogP contribution in [-0.2, 0) is 11.3 Å². The molecule has 3 aromatic rings. The highest BCUT2D eigenvalue weighted by molar-refractivity contribution is 5.93. The monoisotopic (exact) mass is 348 g/mol. The predicted molar refractivity (Wildman–Crippen MR) is 107 cm³/mol. The zero-order chi connectivity index (χ0) is 18.8. The molecule has 4 heteroatoms. The van der Waals surface area contributed by atoms with Gasteiger partial charge < -0.3 is 9.88 Å². The van der Waals surface area contributed by atoms with Crippen LogP contribution in [0.2, 0.25) is 0 Å². The number of H-pyrrole nitrogens is 1. The number of pyridine rings is 1. The van der Waals surface area contributed by atoms with Gasteiger partial charge in [0.1, 0.15) is 0 Å². The molecule has 0 unspecified atom stereocenters. The van der Waals surface area contributed by atoms with Crippen molar-refractivity contribution in [1.82, 2.24) is 4.98 Å². The lowest BCUT2D eigenvalue weighted by Gasteiger charge is -2.23. The number of aryl methyl sites for hydroxylation is 3. The number of carbonyl (C=O) groups excluding carboxylic acids is 1. The van der Waals surface area contributed by atoms with Crippen molar-refractivity contribution in [3.8, 4) is 0 Å². The van der Waals surface area contributed by atoms with Gasteiger partial charge >= 0.3 is 0 Å². The molecule has 26 heavy (non-hydrogen) atoms. The van der Waals surface area contributed by atoms with Gasteiger partial charge in [-0.25, -0.2) is 0 Å². The van der Waals surface area contributed by atoms with Crippen LogP contribution in [0.25, 0.3) is 10.9 Å². The first-order valence-electron chi connectivity index (χ1n) is 8.90. The number of aromatic nitrogens is 1. The van der Waals surface area contributed by atoms with Crippen LogP contribution in [0.15, 0.2) is 47.3 Å². The zero-order valence-electron chi connectivity index (χ0n) is 15.7. The average molecular weight is 348 g/mol. The smallest absolute Gasteiger partial charge is 0.253 e. The second-order valence-electron chi connectivity index (χ2n) is 6.76. The third-order valence-electron chi connectivity index (χ3n) is 4.90. The van der Waals surface area contributed by atoms with Crippen molar-refractivity contribution >= 4 is 22.5 Å². The minimum Gasteiger partial charge on any atom is -0.321 e. The lowest BCUT2D eigenvalue weighted by atomic mass is 10.1. The van der Waals surface area contributed by atoms with E-state index in [2.05, 4.69) is 4.98 Å². The molecule has 1 heterocycles. The SMILES string of the molecule is CCC(=O)N(Cc1cc2cccc(C)c2[nH]c1=O)c1ccc(C)c(C)c1. The molecule has 0 atom stereocenters. The Morgan fingerprint density at radius 2 is 1.77 bits per heavy atom. The first kappa shape index (κ1) is 17.9.